The van der Waals surface area contributed by atoms with E-state index in [1.807, 2.05) is 24.3 Å². The predicted molar refractivity (Wildman–Crippen MR) is 99.2 cm³/mol. The van der Waals surface area contributed by atoms with Crippen LogP contribution in [0.2, 0.25) is 0 Å². The maximum absolute atomic E-state index is 13.6. The Morgan fingerprint density at radius 2 is 1.70 bits per heavy atom. The molecule has 0 bridgehead atoms. The SMILES string of the molecule is CN1/C(=C(/O)c2ccc3ccccc3c2)C(=O)c2cc(F)ccc2S1(=O)=O. The lowest BCUT2D eigenvalue weighted by atomic mass is 10.0. The number of halogens is 1. The first-order valence-corrected chi connectivity index (χ1v) is 9.50. The molecule has 0 radical (unpaired) electrons. The topological polar surface area (TPSA) is 74.7 Å². The van der Waals surface area contributed by atoms with E-state index in [4.69, 9.17) is 0 Å². The number of aliphatic hydroxyl groups excluding tert-OH is 1. The third kappa shape index (κ3) is 2.59. The Morgan fingerprint density at radius 1 is 1.00 bits per heavy atom. The molecule has 4 rings (SSSR count). The van der Waals surface area contributed by atoms with Crippen LogP contribution in [0.25, 0.3) is 16.5 Å². The zero-order valence-corrected chi connectivity index (χ0v) is 15.0. The Hall–Kier alpha value is -3.19. The molecule has 27 heavy (non-hydrogen) atoms. The summed E-state index contributed by atoms with van der Waals surface area (Å²) in [7, 11) is -2.90. The van der Waals surface area contributed by atoms with Crippen molar-refractivity contribution in [2.45, 2.75) is 4.90 Å². The molecule has 1 aliphatic heterocycles. The monoisotopic (exact) mass is 383 g/mol. The average Bonchev–Trinajstić information content (AvgIpc) is 2.66. The van der Waals surface area contributed by atoms with Crippen LogP contribution >= 0.6 is 0 Å². The fourth-order valence-corrected chi connectivity index (χ4v) is 4.55. The van der Waals surface area contributed by atoms with E-state index < -0.39 is 33.1 Å². The number of fused-ring (bicyclic) bond motifs is 2. The zero-order chi connectivity index (χ0) is 19.3. The summed E-state index contributed by atoms with van der Waals surface area (Å²) < 4.78 is 39.8. The Balaban J connectivity index is 1.97. The summed E-state index contributed by atoms with van der Waals surface area (Å²) in [6.45, 7) is 0. The molecule has 0 amide bonds. The molecule has 7 heteroatoms. The van der Waals surface area contributed by atoms with Gasteiger partial charge in [-0.2, -0.15) is 0 Å². The van der Waals surface area contributed by atoms with E-state index in [0.29, 0.717) is 5.56 Å². The van der Waals surface area contributed by atoms with Gasteiger partial charge in [-0.05, 0) is 35.0 Å². The number of Topliss-reactive ketones (excluding diaryl/α,β-unsaturated/α-hetero) is 1. The van der Waals surface area contributed by atoms with Gasteiger partial charge in [0.15, 0.2) is 5.76 Å². The number of allylic oxidation sites excluding steroid dienone is 1. The third-order valence-electron chi connectivity index (χ3n) is 4.60. The van der Waals surface area contributed by atoms with Gasteiger partial charge < -0.3 is 5.11 Å². The average molecular weight is 383 g/mol. The van der Waals surface area contributed by atoms with Gasteiger partial charge in [-0.15, -0.1) is 0 Å². The summed E-state index contributed by atoms with van der Waals surface area (Å²) in [4.78, 5) is 12.6. The van der Waals surface area contributed by atoms with Crippen LogP contribution in [0.1, 0.15) is 15.9 Å². The minimum absolute atomic E-state index is 0.286. The minimum Gasteiger partial charge on any atom is -0.505 e. The quantitative estimate of drug-likeness (QED) is 0.513. The van der Waals surface area contributed by atoms with Crippen molar-refractivity contribution in [1.29, 1.82) is 0 Å². The van der Waals surface area contributed by atoms with Gasteiger partial charge in [-0.1, -0.05) is 36.4 Å². The fraction of sp³-hybridized carbons (Fsp3) is 0.0500. The molecule has 3 aromatic carbocycles. The van der Waals surface area contributed by atoms with E-state index in [-0.39, 0.29) is 10.5 Å². The van der Waals surface area contributed by atoms with E-state index in [0.717, 1.165) is 33.3 Å². The molecule has 5 nitrogen and oxygen atoms in total. The molecule has 0 atom stereocenters. The van der Waals surface area contributed by atoms with Crippen LogP contribution in [0, 0.1) is 5.82 Å². The van der Waals surface area contributed by atoms with Crippen LogP contribution in [0.4, 0.5) is 4.39 Å². The van der Waals surface area contributed by atoms with E-state index in [1.165, 1.54) is 7.05 Å². The van der Waals surface area contributed by atoms with Gasteiger partial charge >= 0.3 is 0 Å². The predicted octanol–water partition coefficient (Wildman–Crippen LogP) is 3.72. The highest BCUT2D eigenvalue weighted by Gasteiger charge is 2.39. The van der Waals surface area contributed by atoms with Gasteiger partial charge in [0.1, 0.15) is 11.5 Å². The van der Waals surface area contributed by atoms with Gasteiger partial charge in [-0.25, -0.2) is 12.8 Å². The minimum atomic E-state index is -4.09. The van der Waals surface area contributed by atoms with Crippen molar-refractivity contribution in [3.8, 4) is 0 Å². The number of carbonyl (C=O) groups excluding carboxylic acids is 1. The van der Waals surface area contributed by atoms with Crippen LogP contribution < -0.4 is 0 Å². The Kier molecular flexibility index (Phi) is 3.78. The lowest BCUT2D eigenvalue weighted by molar-refractivity contribution is 0.100. The molecule has 1 N–H and O–H groups in total. The molecule has 0 fully saturated rings. The largest absolute Gasteiger partial charge is 0.505 e. The van der Waals surface area contributed by atoms with Crippen LogP contribution in [-0.4, -0.2) is 30.7 Å². The first-order chi connectivity index (χ1) is 12.8. The molecule has 136 valence electrons. The fourth-order valence-electron chi connectivity index (χ4n) is 3.17. The number of sulfonamides is 1. The molecular formula is C20H14FNO4S. The number of carbonyl (C=O) groups is 1. The van der Waals surface area contributed by atoms with Crippen LogP contribution in [-0.2, 0) is 10.0 Å². The number of aliphatic hydroxyl groups is 1. The van der Waals surface area contributed by atoms with Gasteiger partial charge in [0.2, 0.25) is 5.78 Å². The highest BCUT2D eigenvalue weighted by Crippen LogP contribution is 2.35. The zero-order valence-electron chi connectivity index (χ0n) is 14.2. The Morgan fingerprint density at radius 3 is 2.44 bits per heavy atom. The normalized spacial score (nSPS) is 17.7. The van der Waals surface area contributed by atoms with Gasteiger partial charge in [-0.3, -0.25) is 9.10 Å². The number of rotatable bonds is 1. The summed E-state index contributed by atoms with van der Waals surface area (Å²) in [5.41, 5.74) is -0.419. The lowest BCUT2D eigenvalue weighted by Gasteiger charge is -2.28. The standard InChI is InChI=1S/C20H14FNO4S/c1-22-18(19(23)14-7-6-12-4-2-3-5-13(12)10-14)20(24)16-11-15(21)8-9-17(16)27(22,25)26/h2-11,23H,1H3/b19-18+. The molecule has 1 heterocycles. The molecule has 1 aliphatic rings. The number of ketones is 1. The van der Waals surface area contributed by atoms with Gasteiger partial charge in [0.25, 0.3) is 10.0 Å². The summed E-state index contributed by atoms with van der Waals surface area (Å²) in [5, 5.41) is 12.5. The van der Waals surface area contributed by atoms with Crippen molar-refractivity contribution in [1.82, 2.24) is 4.31 Å². The number of benzene rings is 3. The number of nitrogens with zero attached hydrogens (tertiary/aromatic N) is 1. The molecule has 0 aromatic heterocycles. The Labute approximate surface area is 155 Å². The molecule has 0 saturated heterocycles. The van der Waals surface area contributed by atoms with Crippen molar-refractivity contribution >= 4 is 32.3 Å². The first-order valence-electron chi connectivity index (χ1n) is 8.06. The van der Waals surface area contributed by atoms with E-state index in [2.05, 4.69) is 0 Å². The molecule has 0 saturated carbocycles. The summed E-state index contributed by atoms with van der Waals surface area (Å²) in [6, 6.07) is 15.4. The lowest BCUT2D eigenvalue weighted by Crippen LogP contribution is -2.37. The van der Waals surface area contributed by atoms with E-state index in [9.17, 15) is 22.7 Å². The second-order valence-corrected chi connectivity index (χ2v) is 8.14. The maximum atomic E-state index is 13.6. The van der Waals surface area contributed by atoms with Crippen LogP contribution in [0.15, 0.2) is 71.3 Å². The number of hydrogen-bond donors (Lipinski definition) is 1. The first kappa shape index (κ1) is 17.2. The third-order valence-corrected chi connectivity index (χ3v) is 6.42. The van der Waals surface area contributed by atoms with Crippen molar-refractivity contribution in [2.24, 2.45) is 0 Å². The molecule has 0 aliphatic carbocycles. The van der Waals surface area contributed by atoms with Gasteiger partial charge in [0.05, 0.1) is 4.90 Å². The highest BCUT2D eigenvalue weighted by atomic mass is 32.2. The summed E-state index contributed by atoms with van der Waals surface area (Å²) >= 11 is 0. The molecule has 3 aromatic rings. The number of likely N-dealkylation sites (N-methyl/N-ethyl adjacent to an activating group) is 1. The van der Waals surface area contributed by atoms with Crippen molar-refractivity contribution < 1.29 is 22.7 Å². The van der Waals surface area contributed by atoms with Crippen molar-refractivity contribution in [3.63, 3.8) is 0 Å². The molecule has 0 spiro atoms. The second-order valence-electron chi connectivity index (χ2n) is 6.20. The molecule has 0 unspecified atom stereocenters. The highest BCUT2D eigenvalue weighted by molar-refractivity contribution is 7.89. The van der Waals surface area contributed by atoms with E-state index in [1.54, 1.807) is 18.2 Å². The van der Waals surface area contributed by atoms with Crippen LogP contribution in [0.5, 0.6) is 0 Å². The van der Waals surface area contributed by atoms with Gasteiger partial charge in [0, 0.05) is 18.2 Å². The summed E-state index contributed by atoms with van der Waals surface area (Å²) in [5.74, 6) is -1.97. The molecular weight excluding hydrogens is 369 g/mol. The smallest absolute Gasteiger partial charge is 0.265 e. The van der Waals surface area contributed by atoms with Crippen molar-refractivity contribution in [3.05, 3.63) is 83.3 Å². The number of hydrogen-bond acceptors (Lipinski definition) is 4. The Bertz CT molecular complexity index is 1250. The van der Waals surface area contributed by atoms with E-state index >= 15 is 0 Å². The maximum Gasteiger partial charge on any atom is 0.265 e. The second kappa shape index (κ2) is 5.92. The summed E-state index contributed by atoms with van der Waals surface area (Å²) in [6.07, 6.45) is 0. The van der Waals surface area contributed by atoms with Crippen molar-refractivity contribution in [2.75, 3.05) is 7.05 Å². The van der Waals surface area contributed by atoms with Crippen LogP contribution in [0.3, 0.4) is 0 Å².